The van der Waals surface area contributed by atoms with E-state index in [-0.39, 0.29) is 32.2 Å². The molecule has 9 nitrogen and oxygen atoms in total. The molecule has 0 saturated heterocycles. The molecule has 0 aliphatic rings. The van der Waals surface area contributed by atoms with Gasteiger partial charge in [0.25, 0.3) is 0 Å². The van der Waals surface area contributed by atoms with Crippen LogP contribution in [0, 0.1) is 0 Å². The number of hydrogen-bond acceptors (Lipinski definition) is 8. The molecule has 0 radical (unpaired) electrons. The van der Waals surface area contributed by atoms with Crippen molar-refractivity contribution in [1.82, 2.24) is 0 Å². The van der Waals surface area contributed by atoms with E-state index in [1.165, 1.54) is 244 Å². The maximum absolute atomic E-state index is 12.9. The first-order valence-electron chi connectivity index (χ1n) is 33.8. The highest BCUT2D eigenvalue weighted by atomic mass is 16.7. The van der Waals surface area contributed by atoms with Gasteiger partial charge in [-0.05, 0) is 77.0 Å². The van der Waals surface area contributed by atoms with E-state index in [9.17, 15) is 19.5 Å². The maximum Gasteiger partial charge on any atom is 0.306 e. The van der Waals surface area contributed by atoms with Gasteiger partial charge in [0.15, 0.2) is 12.4 Å². The third-order valence-corrected chi connectivity index (χ3v) is 15.0. The lowest BCUT2D eigenvalue weighted by Gasteiger charge is -2.26. The van der Waals surface area contributed by atoms with Gasteiger partial charge in [-0.15, -0.1) is 0 Å². The smallest absolute Gasteiger partial charge is 0.306 e. The Hall–Kier alpha value is -2.75. The highest BCUT2D eigenvalue weighted by Crippen LogP contribution is 2.18. The highest BCUT2D eigenvalue weighted by molar-refractivity contribution is 5.70. The van der Waals surface area contributed by atoms with E-state index < -0.39 is 24.3 Å². The average molecular weight is 1110 g/mol. The van der Waals surface area contributed by atoms with Crippen molar-refractivity contribution in [2.75, 3.05) is 47.5 Å². The lowest BCUT2D eigenvalue weighted by atomic mass is 10.0. The van der Waals surface area contributed by atoms with E-state index in [2.05, 4.69) is 62.5 Å². The minimum Gasteiger partial charge on any atom is -0.545 e. The number of ether oxygens (including phenoxy) is 4. The Bertz CT molecular complexity index is 1430. The molecule has 0 amide bonds. The summed E-state index contributed by atoms with van der Waals surface area (Å²) in [7, 11) is 5.94. The number of quaternary nitrogens is 1. The molecule has 0 saturated carbocycles. The first-order chi connectivity index (χ1) is 38.6. The SMILES string of the molecule is CCCCCCC/C=C\C/C=C\CCCCCCCCCCCCCCCCCC(=O)OCC(COC(OCC[N+](C)(C)C)C(=O)[O-])OC(=O)CCCCCCCCCCCCCCCCC/C=C\C/C=C\CCCCCCC. The van der Waals surface area contributed by atoms with Crippen molar-refractivity contribution in [2.45, 2.75) is 334 Å². The zero-order chi connectivity index (χ0) is 57.6. The third kappa shape index (κ3) is 62.7. The highest BCUT2D eigenvalue weighted by Gasteiger charge is 2.22. The number of unbranched alkanes of at least 4 members (excludes halogenated alkanes) is 40. The summed E-state index contributed by atoms with van der Waals surface area (Å²) in [5.74, 6) is -2.26. The van der Waals surface area contributed by atoms with Gasteiger partial charge in [0, 0.05) is 12.8 Å². The minimum atomic E-state index is -1.62. The minimum absolute atomic E-state index is 0.149. The van der Waals surface area contributed by atoms with Gasteiger partial charge in [-0.3, -0.25) is 9.59 Å². The number of carboxylic acids is 1. The van der Waals surface area contributed by atoms with Gasteiger partial charge in [-0.25, -0.2) is 0 Å². The second-order valence-corrected chi connectivity index (χ2v) is 24.1. The van der Waals surface area contributed by atoms with E-state index in [1.807, 2.05) is 21.1 Å². The van der Waals surface area contributed by atoms with Crippen LogP contribution in [0.3, 0.4) is 0 Å². The van der Waals surface area contributed by atoms with Crippen LogP contribution in [0.2, 0.25) is 0 Å². The summed E-state index contributed by atoms with van der Waals surface area (Å²) in [6.45, 7) is 4.78. The molecule has 0 N–H and O–H groups in total. The second-order valence-electron chi connectivity index (χ2n) is 24.1. The van der Waals surface area contributed by atoms with Crippen molar-refractivity contribution in [1.29, 1.82) is 0 Å². The van der Waals surface area contributed by atoms with Crippen LogP contribution in [0.5, 0.6) is 0 Å². The largest absolute Gasteiger partial charge is 0.545 e. The quantitative estimate of drug-likeness (QED) is 0.0195. The van der Waals surface area contributed by atoms with Crippen LogP contribution < -0.4 is 5.11 Å². The predicted molar refractivity (Wildman–Crippen MR) is 334 cm³/mol. The van der Waals surface area contributed by atoms with Gasteiger partial charge in [0.2, 0.25) is 0 Å². The van der Waals surface area contributed by atoms with Gasteiger partial charge in [0.1, 0.15) is 13.2 Å². The van der Waals surface area contributed by atoms with E-state index in [0.717, 1.165) is 44.9 Å². The Labute approximate surface area is 489 Å². The summed E-state index contributed by atoms with van der Waals surface area (Å²) >= 11 is 0. The molecular weight excluding hydrogens is 983 g/mol. The van der Waals surface area contributed by atoms with Gasteiger partial charge >= 0.3 is 11.9 Å². The molecule has 79 heavy (non-hydrogen) atoms. The maximum atomic E-state index is 12.9. The molecule has 0 heterocycles. The van der Waals surface area contributed by atoms with Crippen molar-refractivity contribution in [3.05, 3.63) is 48.6 Å². The Morgan fingerprint density at radius 1 is 0.380 bits per heavy atom. The number of carboxylic acid groups (broad SMARTS) is 1. The summed E-state index contributed by atoms with van der Waals surface area (Å²) in [5.41, 5.74) is 0. The molecule has 0 rings (SSSR count). The third-order valence-electron chi connectivity index (χ3n) is 15.0. The Morgan fingerprint density at radius 2 is 0.684 bits per heavy atom. The number of nitrogens with zero attached hydrogens (tertiary/aromatic N) is 1. The molecule has 0 aromatic rings. The molecule has 0 aliphatic heterocycles. The number of allylic oxidation sites excluding steroid dienone is 8. The molecule has 0 fully saturated rings. The molecule has 0 aromatic heterocycles. The summed E-state index contributed by atoms with van der Waals surface area (Å²) < 4.78 is 22.8. The van der Waals surface area contributed by atoms with E-state index in [4.69, 9.17) is 18.9 Å². The fraction of sp³-hybridized carbons (Fsp3) is 0.843. The van der Waals surface area contributed by atoms with Crippen LogP contribution in [-0.2, 0) is 33.3 Å². The summed E-state index contributed by atoms with van der Waals surface area (Å²) in [6, 6.07) is 0. The molecular formula is C70H129NO8. The molecule has 2 unspecified atom stereocenters. The number of rotatable bonds is 63. The lowest BCUT2D eigenvalue weighted by Crippen LogP contribution is -2.44. The fourth-order valence-corrected chi connectivity index (χ4v) is 9.84. The fourth-order valence-electron chi connectivity index (χ4n) is 9.84. The van der Waals surface area contributed by atoms with Crippen molar-refractivity contribution in [3.8, 4) is 0 Å². The zero-order valence-corrected chi connectivity index (χ0v) is 52.8. The van der Waals surface area contributed by atoms with Crippen LogP contribution in [0.15, 0.2) is 48.6 Å². The summed E-state index contributed by atoms with van der Waals surface area (Å²) in [6.07, 6.45) is 74.6. The van der Waals surface area contributed by atoms with E-state index >= 15 is 0 Å². The predicted octanol–water partition coefficient (Wildman–Crippen LogP) is 19.2. The number of carbonyl (C=O) groups is 3. The second kappa shape index (κ2) is 61.3. The van der Waals surface area contributed by atoms with Crippen LogP contribution in [-0.4, -0.2) is 82.3 Å². The molecule has 0 spiro atoms. The Morgan fingerprint density at radius 3 is 1.00 bits per heavy atom. The van der Waals surface area contributed by atoms with Crippen LogP contribution in [0.4, 0.5) is 0 Å². The van der Waals surface area contributed by atoms with Gasteiger partial charge in [0.05, 0.1) is 40.3 Å². The van der Waals surface area contributed by atoms with Crippen molar-refractivity contribution < 1.29 is 42.9 Å². The number of esters is 2. The van der Waals surface area contributed by atoms with Crippen molar-refractivity contribution in [3.63, 3.8) is 0 Å². The molecule has 0 aliphatic carbocycles. The van der Waals surface area contributed by atoms with E-state index in [1.54, 1.807) is 0 Å². The number of carbonyl (C=O) groups excluding carboxylic acids is 3. The van der Waals surface area contributed by atoms with Crippen molar-refractivity contribution in [2.24, 2.45) is 0 Å². The molecule has 0 bridgehead atoms. The molecule has 2 atom stereocenters. The Kier molecular flexibility index (Phi) is 59.2. The Balaban J connectivity index is 4.12. The first-order valence-corrected chi connectivity index (χ1v) is 33.8. The van der Waals surface area contributed by atoms with E-state index in [0.29, 0.717) is 23.9 Å². The summed E-state index contributed by atoms with van der Waals surface area (Å²) in [5, 5.41) is 11.8. The van der Waals surface area contributed by atoms with Crippen LogP contribution >= 0.6 is 0 Å². The normalized spacial score (nSPS) is 13.0. The zero-order valence-electron chi connectivity index (χ0n) is 52.8. The average Bonchev–Trinajstić information content (AvgIpc) is 3.42. The molecule has 0 aromatic carbocycles. The lowest BCUT2D eigenvalue weighted by molar-refractivity contribution is -0.870. The van der Waals surface area contributed by atoms with Gasteiger partial charge < -0.3 is 33.3 Å². The summed E-state index contributed by atoms with van der Waals surface area (Å²) in [4.78, 5) is 37.5. The monoisotopic (exact) mass is 1110 g/mol. The number of hydrogen-bond donors (Lipinski definition) is 0. The number of likely N-dealkylation sites (N-methyl/N-ethyl adjacent to an activating group) is 1. The number of aliphatic carboxylic acids is 1. The van der Waals surface area contributed by atoms with Gasteiger partial charge in [-0.1, -0.05) is 281 Å². The standard InChI is InChI=1S/C70H129NO8/c1-6-8-10-12-14-16-18-20-22-24-26-28-30-32-34-36-38-40-42-44-46-48-50-52-54-56-58-60-67(72)77-64-66(65-78-70(69(74)75)76-63-62-71(3,4)5)79-68(73)61-59-57-55-53-51-49-47-45-43-41-39-37-35-33-31-29-27-25-23-21-19-17-15-13-11-9-7-2/h18-21,24-27,66,70H,6-17,22-23,28-65H2,1-5H3/b20-18-,21-19-,26-24-,27-25-. The topological polar surface area (TPSA) is 111 Å². The van der Waals surface area contributed by atoms with Crippen LogP contribution in [0.25, 0.3) is 0 Å². The van der Waals surface area contributed by atoms with Gasteiger partial charge in [-0.2, -0.15) is 0 Å². The molecule has 9 heteroatoms. The van der Waals surface area contributed by atoms with Crippen LogP contribution in [0.1, 0.15) is 322 Å². The van der Waals surface area contributed by atoms with Crippen molar-refractivity contribution >= 4 is 17.9 Å². The molecule has 462 valence electrons. The first kappa shape index (κ1) is 76.2.